The number of para-hydroxylation sites is 1. The molecule has 0 amide bonds. The second-order valence-corrected chi connectivity index (χ2v) is 9.27. The Balaban J connectivity index is 1.39. The summed E-state index contributed by atoms with van der Waals surface area (Å²) in [5.74, 6) is 0.754. The molecule has 152 valence electrons. The molecule has 0 saturated carbocycles. The predicted molar refractivity (Wildman–Crippen MR) is 117 cm³/mol. The molecule has 4 rings (SSSR count). The van der Waals surface area contributed by atoms with Crippen LogP contribution in [0.1, 0.15) is 18.9 Å². The summed E-state index contributed by atoms with van der Waals surface area (Å²) in [6.07, 6.45) is 1.80. The summed E-state index contributed by atoms with van der Waals surface area (Å²) in [5.41, 5.74) is 2.64. The highest BCUT2D eigenvalue weighted by Crippen LogP contribution is 2.31. The van der Waals surface area contributed by atoms with Crippen molar-refractivity contribution in [3.63, 3.8) is 0 Å². The maximum absolute atomic E-state index is 12.7. The first-order valence-electron chi connectivity index (χ1n) is 9.90. The van der Waals surface area contributed by atoms with Gasteiger partial charge in [0.25, 0.3) is 0 Å². The SMILES string of the molecule is COc1ccc2cc(S(=O)(=O)NCCCN3c4ccccc4CC3C)ccc2c1. The van der Waals surface area contributed by atoms with Crippen molar-refractivity contribution in [2.75, 3.05) is 25.1 Å². The van der Waals surface area contributed by atoms with Gasteiger partial charge in [0.2, 0.25) is 10.0 Å². The number of ether oxygens (including phenoxy) is 1. The highest BCUT2D eigenvalue weighted by Gasteiger charge is 2.25. The van der Waals surface area contributed by atoms with Crippen molar-refractivity contribution in [3.8, 4) is 5.75 Å². The Labute approximate surface area is 172 Å². The van der Waals surface area contributed by atoms with Crippen LogP contribution in [-0.4, -0.2) is 34.7 Å². The number of methoxy groups -OCH3 is 1. The van der Waals surface area contributed by atoms with Crippen LogP contribution in [0.4, 0.5) is 5.69 Å². The molecule has 1 heterocycles. The second-order valence-electron chi connectivity index (χ2n) is 7.50. The lowest BCUT2D eigenvalue weighted by molar-refractivity contribution is 0.415. The summed E-state index contributed by atoms with van der Waals surface area (Å²) in [6, 6.07) is 19.7. The molecule has 1 unspecified atom stereocenters. The van der Waals surface area contributed by atoms with Gasteiger partial charge in [-0.05, 0) is 66.4 Å². The summed E-state index contributed by atoms with van der Waals surface area (Å²) < 4.78 is 33.4. The number of sulfonamides is 1. The standard InChI is InChI=1S/C23H26N2O3S/c1-17-14-20-6-3-4-7-23(20)25(17)13-5-12-24-29(26,27)22-11-9-18-15-21(28-2)10-8-19(18)16-22/h3-4,6-11,15-17,24H,5,12-14H2,1-2H3. The maximum Gasteiger partial charge on any atom is 0.240 e. The number of hydrogen-bond donors (Lipinski definition) is 1. The second kappa shape index (κ2) is 8.05. The van der Waals surface area contributed by atoms with Gasteiger partial charge in [-0.1, -0.05) is 30.3 Å². The van der Waals surface area contributed by atoms with Crippen LogP contribution in [0.15, 0.2) is 65.6 Å². The van der Waals surface area contributed by atoms with E-state index < -0.39 is 10.0 Å². The van der Waals surface area contributed by atoms with Crippen LogP contribution in [0.5, 0.6) is 5.75 Å². The summed E-state index contributed by atoms with van der Waals surface area (Å²) in [4.78, 5) is 2.66. The van der Waals surface area contributed by atoms with E-state index in [0.717, 1.165) is 35.9 Å². The van der Waals surface area contributed by atoms with Gasteiger partial charge in [-0.2, -0.15) is 0 Å². The Hall–Kier alpha value is -2.57. The van der Waals surface area contributed by atoms with Crippen LogP contribution >= 0.6 is 0 Å². The molecule has 5 nitrogen and oxygen atoms in total. The minimum atomic E-state index is -3.54. The van der Waals surface area contributed by atoms with Gasteiger partial charge in [-0.3, -0.25) is 0 Å². The largest absolute Gasteiger partial charge is 0.497 e. The number of hydrogen-bond acceptors (Lipinski definition) is 4. The van der Waals surface area contributed by atoms with Gasteiger partial charge in [-0.25, -0.2) is 13.1 Å². The Bertz CT molecular complexity index is 1130. The highest BCUT2D eigenvalue weighted by atomic mass is 32.2. The van der Waals surface area contributed by atoms with Crippen molar-refractivity contribution < 1.29 is 13.2 Å². The Kier molecular flexibility index (Phi) is 5.48. The van der Waals surface area contributed by atoms with Crippen molar-refractivity contribution in [2.45, 2.75) is 30.7 Å². The zero-order valence-corrected chi connectivity index (χ0v) is 17.6. The van der Waals surface area contributed by atoms with Crippen molar-refractivity contribution in [3.05, 3.63) is 66.2 Å². The molecular weight excluding hydrogens is 384 g/mol. The zero-order valence-electron chi connectivity index (χ0n) is 16.8. The third-order valence-electron chi connectivity index (χ3n) is 5.55. The number of fused-ring (bicyclic) bond motifs is 2. The number of nitrogens with zero attached hydrogens (tertiary/aromatic N) is 1. The van der Waals surface area contributed by atoms with E-state index in [1.165, 1.54) is 11.3 Å². The average Bonchev–Trinajstić information content (AvgIpc) is 3.05. The Morgan fingerprint density at radius 1 is 1.07 bits per heavy atom. The first-order chi connectivity index (χ1) is 14.0. The van der Waals surface area contributed by atoms with Gasteiger partial charge in [-0.15, -0.1) is 0 Å². The van der Waals surface area contributed by atoms with Crippen molar-refractivity contribution >= 4 is 26.5 Å². The summed E-state index contributed by atoms with van der Waals surface area (Å²) in [6.45, 7) is 3.46. The molecule has 0 aliphatic carbocycles. The summed E-state index contributed by atoms with van der Waals surface area (Å²) >= 11 is 0. The monoisotopic (exact) mass is 410 g/mol. The van der Waals surface area contributed by atoms with Crippen molar-refractivity contribution in [1.29, 1.82) is 0 Å². The third kappa shape index (κ3) is 4.09. The summed E-state index contributed by atoms with van der Waals surface area (Å²) in [7, 11) is -1.92. The molecule has 1 atom stereocenters. The van der Waals surface area contributed by atoms with Crippen molar-refractivity contribution in [1.82, 2.24) is 4.72 Å². The molecule has 0 saturated heterocycles. The van der Waals surface area contributed by atoms with Crippen LogP contribution in [0, 0.1) is 0 Å². The molecule has 0 bridgehead atoms. The lowest BCUT2D eigenvalue weighted by Gasteiger charge is -2.24. The molecular formula is C23H26N2O3S. The number of nitrogens with one attached hydrogen (secondary N) is 1. The average molecular weight is 411 g/mol. The van der Waals surface area contributed by atoms with E-state index in [2.05, 4.69) is 40.8 Å². The van der Waals surface area contributed by atoms with E-state index in [-0.39, 0.29) is 4.90 Å². The minimum absolute atomic E-state index is 0.287. The van der Waals surface area contributed by atoms with Crippen LogP contribution in [-0.2, 0) is 16.4 Å². The van der Waals surface area contributed by atoms with E-state index in [9.17, 15) is 8.42 Å². The van der Waals surface area contributed by atoms with Gasteiger partial charge in [0.15, 0.2) is 0 Å². The maximum atomic E-state index is 12.7. The molecule has 29 heavy (non-hydrogen) atoms. The lowest BCUT2D eigenvalue weighted by atomic mass is 10.1. The molecule has 1 aliphatic heterocycles. The molecule has 3 aromatic carbocycles. The highest BCUT2D eigenvalue weighted by molar-refractivity contribution is 7.89. The fraction of sp³-hybridized carbons (Fsp3) is 0.304. The van der Waals surface area contributed by atoms with Crippen LogP contribution < -0.4 is 14.4 Å². The van der Waals surface area contributed by atoms with Gasteiger partial charge in [0, 0.05) is 24.8 Å². The van der Waals surface area contributed by atoms with E-state index in [4.69, 9.17) is 4.74 Å². The quantitative estimate of drug-likeness (QED) is 0.599. The number of anilines is 1. The van der Waals surface area contributed by atoms with Gasteiger partial charge in [0.1, 0.15) is 5.75 Å². The fourth-order valence-corrected chi connectivity index (χ4v) is 5.11. The number of rotatable bonds is 7. The lowest BCUT2D eigenvalue weighted by Crippen LogP contribution is -2.33. The molecule has 0 aromatic heterocycles. The topological polar surface area (TPSA) is 58.6 Å². The summed E-state index contributed by atoms with van der Waals surface area (Å²) in [5, 5.41) is 1.82. The van der Waals surface area contributed by atoms with Gasteiger partial charge >= 0.3 is 0 Å². The zero-order chi connectivity index (χ0) is 20.4. The molecule has 1 aliphatic rings. The fourth-order valence-electron chi connectivity index (χ4n) is 4.01. The molecule has 0 fully saturated rings. The van der Waals surface area contributed by atoms with Crippen LogP contribution in [0.25, 0.3) is 10.8 Å². The van der Waals surface area contributed by atoms with E-state index in [0.29, 0.717) is 12.6 Å². The van der Waals surface area contributed by atoms with Crippen LogP contribution in [0.3, 0.4) is 0 Å². The van der Waals surface area contributed by atoms with E-state index in [1.807, 2.05) is 24.3 Å². The molecule has 0 spiro atoms. The smallest absolute Gasteiger partial charge is 0.240 e. The van der Waals surface area contributed by atoms with Crippen molar-refractivity contribution in [2.24, 2.45) is 0 Å². The first-order valence-corrected chi connectivity index (χ1v) is 11.4. The predicted octanol–water partition coefficient (Wildman–Crippen LogP) is 3.97. The van der Waals surface area contributed by atoms with Crippen LogP contribution in [0.2, 0.25) is 0 Å². The minimum Gasteiger partial charge on any atom is -0.497 e. The first kappa shape index (κ1) is 19.7. The van der Waals surface area contributed by atoms with E-state index >= 15 is 0 Å². The Morgan fingerprint density at radius 2 is 1.83 bits per heavy atom. The molecule has 1 N–H and O–H groups in total. The van der Waals surface area contributed by atoms with E-state index in [1.54, 1.807) is 19.2 Å². The number of benzene rings is 3. The molecule has 3 aromatic rings. The Morgan fingerprint density at radius 3 is 2.66 bits per heavy atom. The normalized spacial score (nSPS) is 16.2. The molecule has 6 heteroatoms. The van der Waals surface area contributed by atoms with Gasteiger partial charge < -0.3 is 9.64 Å². The molecule has 0 radical (unpaired) electrons. The third-order valence-corrected chi connectivity index (χ3v) is 7.00. The van der Waals surface area contributed by atoms with Gasteiger partial charge in [0.05, 0.1) is 12.0 Å².